The fourth-order valence-corrected chi connectivity index (χ4v) is 4.69. The summed E-state index contributed by atoms with van der Waals surface area (Å²) in [5.74, 6) is 0.206. The Morgan fingerprint density at radius 2 is 2.12 bits per heavy atom. The Kier molecular flexibility index (Phi) is 4.39. The van der Waals surface area contributed by atoms with Crippen LogP contribution in [0, 0.1) is 0 Å². The van der Waals surface area contributed by atoms with E-state index in [2.05, 4.69) is 15.1 Å². The van der Waals surface area contributed by atoms with Crippen molar-refractivity contribution >= 4 is 21.5 Å². The average Bonchev–Trinajstić information content (AvgIpc) is 3.30. The molecular formula is C16H21N5O4S. The summed E-state index contributed by atoms with van der Waals surface area (Å²) in [7, 11) is -3.48. The largest absolute Gasteiger partial charge is 0.368 e. The highest BCUT2D eigenvalue weighted by Gasteiger charge is 2.34. The number of piperidine rings is 1. The zero-order chi connectivity index (χ0) is 18.3. The Labute approximate surface area is 151 Å². The molecule has 2 atom stereocenters. The van der Waals surface area contributed by atoms with Gasteiger partial charge >= 0.3 is 0 Å². The number of carbonyl (C=O) groups excluding carboxylic acids is 1. The molecule has 10 heteroatoms. The summed E-state index contributed by atoms with van der Waals surface area (Å²) in [6.45, 7) is 1.73. The third-order valence-corrected chi connectivity index (χ3v) is 6.15. The van der Waals surface area contributed by atoms with E-state index < -0.39 is 9.84 Å². The zero-order valence-electron chi connectivity index (χ0n) is 14.5. The monoisotopic (exact) mass is 379 g/mol. The second kappa shape index (κ2) is 6.58. The van der Waals surface area contributed by atoms with E-state index in [0.29, 0.717) is 31.2 Å². The van der Waals surface area contributed by atoms with Crippen molar-refractivity contribution in [2.45, 2.75) is 42.6 Å². The Morgan fingerprint density at radius 3 is 2.85 bits per heavy atom. The minimum Gasteiger partial charge on any atom is -0.368 e. The predicted molar refractivity (Wildman–Crippen MR) is 91.4 cm³/mol. The van der Waals surface area contributed by atoms with Gasteiger partial charge in [-0.2, -0.15) is 14.6 Å². The lowest BCUT2D eigenvalue weighted by Crippen LogP contribution is -2.44. The van der Waals surface area contributed by atoms with Crippen molar-refractivity contribution in [3.05, 3.63) is 18.2 Å². The van der Waals surface area contributed by atoms with Crippen LogP contribution in [0.1, 0.15) is 37.3 Å². The molecule has 0 saturated carbocycles. The molecule has 2 aromatic heterocycles. The van der Waals surface area contributed by atoms with Gasteiger partial charge in [0, 0.05) is 31.9 Å². The van der Waals surface area contributed by atoms with Gasteiger partial charge in [0.05, 0.1) is 11.9 Å². The number of rotatable bonds is 3. The number of hydrogen-bond donors (Lipinski definition) is 0. The number of aromatic nitrogens is 4. The molecule has 2 aromatic rings. The molecule has 1 amide bonds. The molecule has 26 heavy (non-hydrogen) atoms. The van der Waals surface area contributed by atoms with E-state index in [1.165, 1.54) is 17.0 Å². The van der Waals surface area contributed by atoms with Gasteiger partial charge in [-0.1, -0.05) is 0 Å². The maximum Gasteiger partial charge on any atom is 0.252 e. The van der Waals surface area contributed by atoms with Crippen molar-refractivity contribution in [1.82, 2.24) is 24.5 Å². The molecule has 2 saturated heterocycles. The molecule has 4 rings (SSSR count). The van der Waals surface area contributed by atoms with Crippen molar-refractivity contribution in [2.24, 2.45) is 0 Å². The highest BCUT2D eigenvalue weighted by molar-refractivity contribution is 7.90. The van der Waals surface area contributed by atoms with Crippen LogP contribution in [0.5, 0.6) is 0 Å². The van der Waals surface area contributed by atoms with Gasteiger partial charge in [0.15, 0.2) is 9.84 Å². The topological polar surface area (TPSA) is 107 Å². The second-order valence-electron chi connectivity index (χ2n) is 6.88. The molecule has 0 N–H and O–H groups in total. The first kappa shape index (κ1) is 17.3. The lowest BCUT2D eigenvalue weighted by Gasteiger charge is -2.34. The lowest BCUT2D eigenvalue weighted by molar-refractivity contribution is -0.142. The van der Waals surface area contributed by atoms with Crippen molar-refractivity contribution in [1.29, 1.82) is 0 Å². The Hall–Kier alpha value is -2.07. The van der Waals surface area contributed by atoms with Gasteiger partial charge in [0.25, 0.3) is 11.7 Å². The summed E-state index contributed by atoms with van der Waals surface area (Å²) < 4.78 is 31.6. The number of likely N-dealkylation sites (tertiary alicyclic amines) is 1. The minimum atomic E-state index is -3.48. The predicted octanol–water partition coefficient (Wildman–Crippen LogP) is 0.413. The van der Waals surface area contributed by atoms with Crippen LogP contribution in [0.4, 0.5) is 0 Å². The lowest BCUT2D eigenvalue weighted by atomic mass is 9.94. The molecule has 0 radical (unpaired) electrons. The Balaban J connectivity index is 1.70. The van der Waals surface area contributed by atoms with E-state index in [1.54, 1.807) is 4.90 Å². The van der Waals surface area contributed by atoms with Crippen molar-refractivity contribution in [3.63, 3.8) is 0 Å². The van der Waals surface area contributed by atoms with Gasteiger partial charge in [-0.3, -0.25) is 4.79 Å². The standard InChI is InChI=1S/C16H21N5O4S/c1-26(23,24)13-8-17-16-18-10-19-21(16)14(13)11-4-2-6-20(9-11)15(22)12-5-3-7-25-12/h8,10-12H,2-7,9H2,1H3/t11-,12-/m0/s1. The molecule has 0 spiro atoms. The van der Waals surface area contributed by atoms with E-state index in [1.807, 2.05) is 0 Å². The fraction of sp³-hybridized carbons (Fsp3) is 0.625. The van der Waals surface area contributed by atoms with E-state index in [4.69, 9.17) is 4.74 Å². The first-order valence-electron chi connectivity index (χ1n) is 8.74. The fourth-order valence-electron chi connectivity index (χ4n) is 3.82. The quantitative estimate of drug-likeness (QED) is 0.760. The van der Waals surface area contributed by atoms with Crippen LogP contribution in [0.3, 0.4) is 0 Å². The molecule has 0 aliphatic carbocycles. The zero-order valence-corrected chi connectivity index (χ0v) is 15.4. The van der Waals surface area contributed by atoms with Crippen LogP contribution in [0.15, 0.2) is 17.4 Å². The molecule has 2 fully saturated rings. The van der Waals surface area contributed by atoms with Gasteiger partial charge < -0.3 is 9.64 Å². The van der Waals surface area contributed by atoms with Crippen LogP contribution in [-0.2, 0) is 19.4 Å². The van der Waals surface area contributed by atoms with Crippen LogP contribution in [0.25, 0.3) is 5.78 Å². The van der Waals surface area contributed by atoms with Crippen LogP contribution >= 0.6 is 0 Å². The molecule has 2 aliphatic heterocycles. The van der Waals surface area contributed by atoms with Crippen molar-refractivity contribution in [2.75, 3.05) is 26.0 Å². The van der Waals surface area contributed by atoms with Crippen LogP contribution in [-0.4, -0.2) is 70.9 Å². The van der Waals surface area contributed by atoms with Crippen LogP contribution < -0.4 is 0 Å². The average molecular weight is 379 g/mol. The van der Waals surface area contributed by atoms with E-state index >= 15 is 0 Å². The third kappa shape index (κ3) is 3.07. The number of nitrogens with zero attached hydrogens (tertiary/aromatic N) is 5. The highest BCUT2D eigenvalue weighted by Crippen LogP contribution is 2.32. The van der Waals surface area contributed by atoms with E-state index in [0.717, 1.165) is 31.9 Å². The maximum absolute atomic E-state index is 12.7. The molecular weight excluding hydrogens is 358 g/mol. The number of hydrogen-bond acceptors (Lipinski definition) is 7. The second-order valence-corrected chi connectivity index (χ2v) is 8.86. The van der Waals surface area contributed by atoms with Gasteiger partial charge in [-0.15, -0.1) is 0 Å². The SMILES string of the molecule is CS(=O)(=O)c1cnc2ncnn2c1[C@H]1CCCN(C(=O)[C@@H]2CCCO2)C1. The number of amides is 1. The molecule has 4 heterocycles. The Bertz CT molecular complexity index is 935. The van der Waals surface area contributed by atoms with E-state index in [9.17, 15) is 13.2 Å². The normalized spacial score (nSPS) is 24.3. The van der Waals surface area contributed by atoms with Crippen molar-refractivity contribution < 1.29 is 17.9 Å². The number of carbonyl (C=O) groups is 1. The summed E-state index contributed by atoms with van der Waals surface area (Å²) in [5.41, 5.74) is 0.555. The smallest absolute Gasteiger partial charge is 0.252 e. The molecule has 0 unspecified atom stereocenters. The summed E-state index contributed by atoms with van der Waals surface area (Å²) in [6.07, 6.45) is 6.71. The summed E-state index contributed by atoms with van der Waals surface area (Å²) in [4.78, 5) is 22.8. The van der Waals surface area contributed by atoms with Gasteiger partial charge in [-0.25, -0.2) is 13.4 Å². The number of sulfone groups is 1. The molecule has 0 bridgehead atoms. The first-order valence-corrected chi connectivity index (χ1v) is 10.6. The third-order valence-electron chi connectivity index (χ3n) is 5.03. The molecule has 140 valence electrons. The maximum atomic E-state index is 12.7. The van der Waals surface area contributed by atoms with Crippen molar-refractivity contribution in [3.8, 4) is 0 Å². The molecule has 9 nitrogen and oxygen atoms in total. The highest BCUT2D eigenvalue weighted by atomic mass is 32.2. The van der Waals surface area contributed by atoms with Crippen LogP contribution in [0.2, 0.25) is 0 Å². The van der Waals surface area contributed by atoms with Gasteiger partial charge in [0.2, 0.25) is 0 Å². The molecule has 2 aliphatic rings. The summed E-state index contributed by atoms with van der Waals surface area (Å²) in [5, 5.41) is 4.17. The summed E-state index contributed by atoms with van der Waals surface area (Å²) in [6, 6.07) is 0. The molecule has 0 aromatic carbocycles. The summed E-state index contributed by atoms with van der Waals surface area (Å²) >= 11 is 0. The number of ether oxygens (including phenoxy) is 1. The van der Waals surface area contributed by atoms with Gasteiger partial charge in [0.1, 0.15) is 17.3 Å². The Morgan fingerprint density at radius 1 is 1.27 bits per heavy atom. The minimum absolute atomic E-state index is 0.00278. The number of fused-ring (bicyclic) bond motifs is 1. The van der Waals surface area contributed by atoms with Gasteiger partial charge in [-0.05, 0) is 25.7 Å². The first-order chi connectivity index (χ1) is 12.4. The van der Waals surface area contributed by atoms with E-state index in [-0.39, 0.29) is 22.8 Å².